The molecule has 1 aromatic rings. The number of likely N-dealkylation sites (N-methyl/N-ethyl adjacent to an activating group) is 1. The molecule has 0 fully saturated rings. The third-order valence-corrected chi connectivity index (χ3v) is 2.41. The normalized spacial score (nSPS) is 11.8. The second-order valence-corrected chi connectivity index (χ2v) is 3.93. The first-order chi connectivity index (χ1) is 8.08. The Morgan fingerprint density at radius 1 is 1.35 bits per heavy atom. The standard InChI is InChI=1S/C13H19NO3/c1-5-12(13(15)14(2)3)17-11-8-6-7-10(9-11)16-4/h6-9,12H,5H2,1-4H3/t12-/m0/s1. The Morgan fingerprint density at radius 2 is 2.00 bits per heavy atom. The molecule has 0 aliphatic carbocycles. The zero-order chi connectivity index (χ0) is 12.8. The fraction of sp³-hybridized carbons (Fsp3) is 0.462. The third kappa shape index (κ3) is 3.66. The highest BCUT2D eigenvalue weighted by Crippen LogP contribution is 2.20. The molecule has 94 valence electrons. The molecule has 1 atom stereocenters. The molecule has 0 saturated heterocycles. The Kier molecular flexibility index (Phi) is 4.82. The Morgan fingerprint density at radius 3 is 2.53 bits per heavy atom. The average Bonchev–Trinajstić information content (AvgIpc) is 2.35. The highest BCUT2D eigenvalue weighted by Gasteiger charge is 2.20. The molecule has 0 spiro atoms. The number of ether oxygens (including phenoxy) is 2. The minimum absolute atomic E-state index is 0.0321. The predicted molar refractivity (Wildman–Crippen MR) is 66.4 cm³/mol. The van der Waals surface area contributed by atoms with Crippen LogP contribution in [-0.2, 0) is 4.79 Å². The molecule has 0 N–H and O–H groups in total. The Balaban J connectivity index is 2.76. The van der Waals surface area contributed by atoms with Crippen molar-refractivity contribution in [3.63, 3.8) is 0 Å². The number of rotatable bonds is 5. The van der Waals surface area contributed by atoms with Crippen LogP contribution in [0, 0.1) is 0 Å². The van der Waals surface area contributed by atoms with Crippen molar-refractivity contribution in [1.82, 2.24) is 4.90 Å². The largest absolute Gasteiger partial charge is 0.497 e. The summed E-state index contributed by atoms with van der Waals surface area (Å²) in [5.74, 6) is 1.33. The van der Waals surface area contributed by atoms with Crippen molar-refractivity contribution in [2.75, 3.05) is 21.2 Å². The summed E-state index contributed by atoms with van der Waals surface area (Å²) in [4.78, 5) is 13.3. The van der Waals surface area contributed by atoms with E-state index in [1.165, 1.54) is 4.90 Å². The zero-order valence-electron chi connectivity index (χ0n) is 10.8. The van der Waals surface area contributed by atoms with E-state index >= 15 is 0 Å². The van der Waals surface area contributed by atoms with Crippen molar-refractivity contribution in [2.24, 2.45) is 0 Å². The number of hydrogen-bond donors (Lipinski definition) is 0. The highest BCUT2D eigenvalue weighted by molar-refractivity contribution is 5.80. The minimum Gasteiger partial charge on any atom is -0.497 e. The van der Waals surface area contributed by atoms with Crippen LogP contribution in [0.25, 0.3) is 0 Å². The van der Waals surface area contributed by atoms with Crippen LogP contribution in [-0.4, -0.2) is 38.1 Å². The van der Waals surface area contributed by atoms with E-state index in [0.717, 1.165) is 5.75 Å². The molecule has 0 aromatic heterocycles. The van der Waals surface area contributed by atoms with E-state index in [1.807, 2.05) is 25.1 Å². The van der Waals surface area contributed by atoms with Gasteiger partial charge < -0.3 is 14.4 Å². The smallest absolute Gasteiger partial charge is 0.263 e. The monoisotopic (exact) mass is 237 g/mol. The number of nitrogens with zero attached hydrogens (tertiary/aromatic N) is 1. The second kappa shape index (κ2) is 6.13. The zero-order valence-corrected chi connectivity index (χ0v) is 10.8. The molecule has 0 bridgehead atoms. The van der Waals surface area contributed by atoms with Crippen LogP contribution in [0.15, 0.2) is 24.3 Å². The lowest BCUT2D eigenvalue weighted by Gasteiger charge is -2.20. The molecule has 4 heteroatoms. The number of hydrogen-bond acceptors (Lipinski definition) is 3. The fourth-order valence-electron chi connectivity index (χ4n) is 1.44. The lowest BCUT2D eigenvalue weighted by atomic mass is 10.2. The summed E-state index contributed by atoms with van der Waals surface area (Å²) in [5.41, 5.74) is 0. The number of methoxy groups -OCH3 is 1. The van der Waals surface area contributed by atoms with E-state index in [9.17, 15) is 4.79 Å². The first-order valence-electron chi connectivity index (χ1n) is 5.60. The number of amides is 1. The molecule has 0 heterocycles. The number of carbonyl (C=O) groups is 1. The molecule has 0 saturated carbocycles. The van der Waals surface area contributed by atoms with Crippen LogP contribution in [0.1, 0.15) is 13.3 Å². The van der Waals surface area contributed by atoms with Crippen LogP contribution in [0.5, 0.6) is 11.5 Å². The van der Waals surface area contributed by atoms with Crippen molar-refractivity contribution >= 4 is 5.91 Å². The molecule has 0 unspecified atom stereocenters. The lowest BCUT2D eigenvalue weighted by Crippen LogP contribution is -2.37. The van der Waals surface area contributed by atoms with E-state index in [1.54, 1.807) is 27.3 Å². The van der Waals surface area contributed by atoms with Gasteiger partial charge in [-0.3, -0.25) is 4.79 Å². The summed E-state index contributed by atoms with van der Waals surface area (Å²) >= 11 is 0. The van der Waals surface area contributed by atoms with Gasteiger partial charge in [-0.1, -0.05) is 13.0 Å². The fourth-order valence-corrected chi connectivity index (χ4v) is 1.44. The Hall–Kier alpha value is -1.71. The molecule has 0 radical (unpaired) electrons. The van der Waals surface area contributed by atoms with Gasteiger partial charge in [0, 0.05) is 20.2 Å². The summed E-state index contributed by atoms with van der Waals surface area (Å²) < 4.78 is 10.8. The summed E-state index contributed by atoms with van der Waals surface area (Å²) in [5, 5.41) is 0. The topological polar surface area (TPSA) is 38.8 Å². The minimum atomic E-state index is -0.447. The van der Waals surface area contributed by atoms with Crippen LogP contribution >= 0.6 is 0 Å². The van der Waals surface area contributed by atoms with Gasteiger partial charge in [0.15, 0.2) is 6.10 Å². The highest BCUT2D eigenvalue weighted by atomic mass is 16.5. The molecule has 1 amide bonds. The predicted octanol–water partition coefficient (Wildman–Crippen LogP) is 1.94. The molecule has 1 aromatic carbocycles. The van der Waals surface area contributed by atoms with E-state index in [-0.39, 0.29) is 5.91 Å². The quantitative estimate of drug-likeness (QED) is 0.785. The van der Waals surface area contributed by atoms with Crippen LogP contribution in [0.2, 0.25) is 0 Å². The van der Waals surface area contributed by atoms with E-state index in [2.05, 4.69) is 0 Å². The van der Waals surface area contributed by atoms with Crippen molar-refractivity contribution in [1.29, 1.82) is 0 Å². The molecule has 0 aliphatic rings. The van der Waals surface area contributed by atoms with Gasteiger partial charge in [-0.2, -0.15) is 0 Å². The van der Waals surface area contributed by atoms with Crippen LogP contribution in [0.4, 0.5) is 0 Å². The summed E-state index contributed by atoms with van der Waals surface area (Å²) in [7, 11) is 5.04. The molecule has 1 rings (SSSR count). The number of carbonyl (C=O) groups excluding carboxylic acids is 1. The number of benzene rings is 1. The van der Waals surface area contributed by atoms with Crippen molar-refractivity contribution < 1.29 is 14.3 Å². The van der Waals surface area contributed by atoms with Gasteiger partial charge in [0.2, 0.25) is 0 Å². The van der Waals surface area contributed by atoms with Crippen LogP contribution in [0.3, 0.4) is 0 Å². The average molecular weight is 237 g/mol. The second-order valence-electron chi connectivity index (χ2n) is 3.93. The Bertz CT molecular complexity index is 377. The summed E-state index contributed by atoms with van der Waals surface area (Å²) in [6, 6.07) is 7.25. The third-order valence-electron chi connectivity index (χ3n) is 2.41. The van der Waals surface area contributed by atoms with Gasteiger partial charge in [-0.05, 0) is 18.6 Å². The first kappa shape index (κ1) is 13.4. The lowest BCUT2D eigenvalue weighted by molar-refractivity contribution is -0.136. The Labute approximate surface area is 102 Å². The first-order valence-corrected chi connectivity index (χ1v) is 5.60. The maximum absolute atomic E-state index is 11.8. The van der Waals surface area contributed by atoms with Gasteiger partial charge >= 0.3 is 0 Å². The molecular formula is C13H19NO3. The molecule has 17 heavy (non-hydrogen) atoms. The van der Waals surface area contributed by atoms with Gasteiger partial charge in [-0.15, -0.1) is 0 Å². The van der Waals surface area contributed by atoms with Crippen molar-refractivity contribution in [3.05, 3.63) is 24.3 Å². The van der Waals surface area contributed by atoms with Gasteiger partial charge in [0.05, 0.1) is 7.11 Å². The van der Waals surface area contributed by atoms with E-state index in [0.29, 0.717) is 12.2 Å². The van der Waals surface area contributed by atoms with Gasteiger partial charge in [-0.25, -0.2) is 0 Å². The SMILES string of the molecule is CC[C@H](Oc1cccc(OC)c1)C(=O)N(C)C. The van der Waals surface area contributed by atoms with Crippen LogP contribution < -0.4 is 9.47 Å². The van der Waals surface area contributed by atoms with Gasteiger partial charge in [0.25, 0.3) is 5.91 Å². The van der Waals surface area contributed by atoms with E-state index in [4.69, 9.17) is 9.47 Å². The maximum Gasteiger partial charge on any atom is 0.263 e. The van der Waals surface area contributed by atoms with Gasteiger partial charge in [0.1, 0.15) is 11.5 Å². The van der Waals surface area contributed by atoms with E-state index < -0.39 is 6.10 Å². The van der Waals surface area contributed by atoms with Crippen molar-refractivity contribution in [2.45, 2.75) is 19.4 Å². The summed E-state index contributed by atoms with van der Waals surface area (Å²) in [6.07, 6.45) is 0.186. The van der Waals surface area contributed by atoms with Crippen molar-refractivity contribution in [3.8, 4) is 11.5 Å². The molecule has 0 aliphatic heterocycles. The maximum atomic E-state index is 11.8. The summed E-state index contributed by atoms with van der Waals surface area (Å²) in [6.45, 7) is 1.92. The molecule has 4 nitrogen and oxygen atoms in total. The molecular weight excluding hydrogens is 218 g/mol.